The highest BCUT2D eigenvalue weighted by Gasteiger charge is 2.29. The van der Waals surface area contributed by atoms with Gasteiger partial charge in [0, 0.05) is 42.7 Å². The van der Waals surface area contributed by atoms with Crippen LogP contribution in [0.25, 0.3) is 11.3 Å². The molecule has 0 unspecified atom stereocenters. The Morgan fingerprint density at radius 3 is 2.40 bits per heavy atom. The zero-order valence-corrected chi connectivity index (χ0v) is 17.2. The number of carbonyl (C=O) groups excluding carboxylic acids is 2. The number of piperidine rings is 1. The van der Waals surface area contributed by atoms with Crippen molar-refractivity contribution in [2.45, 2.75) is 26.7 Å². The van der Waals surface area contributed by atoms with Gasteiger partial charge in [-0.3, -0.25) is 19.7 Å². The number of anilines is 1. The van der Waals surface area contributed by atoms with E-state index in [9.17, 15) is 9.59 Å². The molecule has 1 aliphatic rings. The van der Waals surface area contributed by atoms with Crippen molar-refractivity contribution in [3.05, 3.63) is 65.6 Å². The lowest BCUT2D eigenvalue weighted by Gasteiger charge is -2.31. The number of H-pyrrole nitrogens is 1. The number of hydrogen-bond acceptors (Lipinski definition) is 4. The predicted octanol–water partition coefficient (Wildman–Crippen LogP) is 3.58. The number of aromatic nitrogens is 3. The molecule has 154 valence electrons. The Labute approximate surface area is 175 Å². The van der Waals surface area contributed by atoms with E-state index in [-0.39, 0.29) is 17.7 Å². The molecule has 2 aromatic heterocycles. The van der Waals surface area contributed by atoms with E-state index in [0.717, 1.165) is 22.4 Å². The molecule has 3 heterocycles. The van der Waals surface area contributed by atoms with Gasteiger partial charge in [-0.25, -0.2) is 0 Å². The van der Waals surface area contributed by atoms with Crippen LogP contribution in [-0.4, -0.2) is 45.0 Å². The van der Waals surface area contributed by atoms with E-state index < -0.39 is 0 Å². The molecule has 0 spiro atoms. The second-order valence-electron chi connectivity index (χ2n) is 7.73. The number of nitrogens with zero attached hydrogens (tertiary/aromatic N) is 3. The third kappa shape index (κ3) is 4.10. The van der Waals surface area contributed by atoms with Crippen LogP contribution in [0, 0.1) is 19.8 Å². The number of aryl methyl sites for hydroxylation is 2. The lowest BCUT2D eigenvalue weighted by molar-refractivity contribution is -0.121. The first-order chi connectivity index (χ1) is 14.5. The highest BCUT2D eigenvalue weighted by atomic mass is 16.2. The number of pyridine rings is 1. The number of amides is 2. The maximum Gasteiger partial charge on any atom is 0.271 e. The van der Waals surface area contributed by atoms with Gasteiger partial charge in [0.15, 0.2) is 0 Å². The van der Waals surface area contributed by atoms with Crippen molar-refractivity contribution in [1.82, 2.24) is 20.1 Å². The fourth-order valence-electron chi connectivity index (χ4n) is 3.85. The fourth-order valence-corrected chi connectivity index (χ4v) is 3.85. The third-order valence-electron chi connectivity index (χ3n) is 5.67. The number of benzene rings is 1. The highest BCUT2D eigenvalue weighted by Crippen LogP contribution is 2.25. The molecule has 0 aliphatic carbocycles. The van der Waals surface area contributed by atoms with Gasteiger partial charge in [0.2, 0.25) is 5.91 Å². The van der Waals surface area contributed by atoms with E-state index in [1.54, 1.807) is 23.4 Å². The van der Waals surface area contributed by atoms with E-state index in [4.69, 9.17) is 0 Å². The number of rotatable bonds is 4. The Morgan fingerprint density at radius 2 is 1.73 bits per heavy atom. The van der Waals surface area contributed by atoms with Gasteiger partial charge in [-0.15, -0.1) is 0 Å². The van der Waals surface area contributed by atoms with Crippen LogP contribution < -0.4 is 5.32 Å². The summed E-state index contributed by atoms with van der Waals surface area (Å²) in [4.78, 5) is 31.4. The molecule has 1 aliphatic heterocycles. The first-order valence-electron chi connectivity index (χ1n) is 10.1. The molecule has 0 atom stereocenters. The second-order valence-corrected chi connectivity index (χ2v) is 7.73. The van der Waals surface area contributed by atoms with Crippen LogP contribution in [-0.2, 0) is 4.79 Å². The molecule has 30 heavy (non-hydrogen) atoms. The summed E-state index contributed by atoms with van der Waals surface area (Å²) in [7, 11) is 0. The van der Waals surface area contributed by atoms with Crippen molar-refractivity contribution in [1.29, 1.82) is 0 Å². The summed E-state index contributed by atoms with van der Waals surface area (Å²) in [5.41, 5.74) is 5.08. The number of hydrogen-bond donors (Lipinski definition) is 2. The van der Waals surface area contributed by atoms with E-state index in [1.807, 2.05) is 44.2 Å². The Balaban J connectivity index is 1.36. The summed E-state index contributed by atoms with van der Waals surface area (Å²) in [6.07, 6.45) is 4.68. The van der Waals surface area contributed by atoms with Gasteiger partial charge in [0.1, 0.15) is 5.69 Å². The maximum absolute atomic E-state index is 12.8. The van der Waals surface area contributed by atoms with Crippen molar-refractivity contribution in [3.8, 4) is 11.3 Å². The normalized spacial score (nSPS) is 14.5. The predicted molar refractivity (Wildman–Crippen MR) is 115 cm³/mol. The molecular weight excluding hydrogens is 378 g/mol. The molecule has 1 fully saturated rings. The van der Waals surface area contributed by atoms with Crippen LogP contribution in [0.3, 0.4) is 0 Å². The molecule has 2 N–H and O–H groups in total. The lowest BCUT2D eigenvalue weighted by atomic mass is 9.95. The van der Waals surface area contributed by atoms with Gasteiger partial charge in [-0.2, -0.15) is 5.10 Å². The maximum atomic E-state index is 12.8. The molecular formula is C23H25N5O2. The Hall–Kier alpha value is -3.48. The number of aromatic amines is 1. The van der Waals surface area contributed by atoms with Crippen molar-refractivity contribution in [3.63, 3.8) is 0 Å². The van der Waals surface area contributed by atoms with Crippen LogP contribution in [0.1, 0.15) is 34.5 Å². The molecule has 4 rings (SSSR count). The zero-order chi connectivity index (χ0) is 21.1. The summed E-state index contributed by atoms with van der Waals surface area (Å²) in [6.45, 7) is 5.09. The zero-order valence-electron chi connectivity index (χ0n) is 17.2. The molecule has 2 amide bonds. The van der Waals surface area contributed by atoms with Crippen LogP contribution in [0.5, 0.6) is 0 Å². The number of para-hydroxylation sites is 1. The number of nitrogens with one attached hydrogen (secondary N) is 2. The molecule has 7 heteroatoms. The van der Waals surface area contributed by atoms with E-state index in [0.29, 0.717) is 37.3 Å². The lowest BCUT2D eigenvalue weighted by Crippen LogP contribution is -2.41. The number of carbonyl (C=O) groups is 2. The highest BCUT2D eigenvalue weighted by molar-refractivity contribution is 5.95. The largest absolute Gasteiger partial charge is 0.337 e. The number of likely N-dealkylation sites (tertiary alicyclic amines) is 1. The van der Waals surface area contributed by atoms with E-state index in [2.05, 4.69) is 20.5 Å². The Kier molecular flexibility index (Phi) is 5.61. The summed E-state index contributed by atoms with van der Waals surface area (Å²) < 4.78 is 0. The molecule has 1 aromatic carbocycles. The minimum Gasteiger partial charge on any atom is -0.337 e. The van der Waals surface area contributed by atoms with E-state index in [1.165, 1.54) is 0 Å². The topological polar surface area (TPSA) is 91.0 Å². The molecule has 0 bridgehead atoms. The first kappa shape index (κ1) is 19.8. The average molecular weight is 403 g/mol. The van der Waals surface area contributed by atoms with Crippen LogP contribution in [0.2, 0.25) is 0 Å². The minimum atomic E-state index is -0.0952. The quantitative estimate of drug-likeness (QED) is 0.697. The Morgan fingerprint density at radius 1 is 1.07 bits per heavy atom. The van der Waals surface area contributed by atoms with Crippen molar-refractivity contribution >= 4 is 17.5 Å². The van der Waals surface area contributed by atoms with Crippen LogP contribution >= 0.6 is 0 Å². The fraction of sp³-hybridized carbons (Fsp3) is 0.304. The summed E-state index contributed by atoms with van der Waals surface area (Å²) >= 11 is 0. The second kappa shape index (κ2) is 8.49. The van der Waals surface area contributed by atoms with Gasteiger partial charge >= 0.3 is 0 Å². The monoisotopic (exact) mass is 403 g/mol. The summed E-state index contributed by atoms with van der Waals surface area (Å²) in [5.74, 6) is -0.153. The average Bonchev–Trinajstić information content (AvgIpc) is 3.27. The SMILES string of the molecule is Cc1cccc(C)c1NC(=O)C1CCN(C(=O)c2cc(-c3ccncc3)n[nH]2)CC1. The van der Waals surface area contributed by atoms with Gasteiger partial charge < -0.3 is 10.2 Å². The van der Waals surface area contributed by atoms with Gasteiger partial charge in [-0.1, -0.05) is 18.2 Å². The summed E-state index contributed by atoms with van der Waals surface area (Å²) in [5, 5.41) is 10.2. The van der Waals surface area contributed by atoms with E-state index >= 15 is 0 Å². The van der Waals surface area contributed by atoms with Crippen LogP contribution in [0.4, 0.5) is 5.69 Å². The summed E-state index contributed by atoms with van der Waals surface area (Å²) in [6, 6.07) is 11.4. The van der Waals surface area contributed by atoms with Gasteiger partial charge in [0.25, 0.3) is 5.91 Å². The van der Waals surface area contributed by atoms with Gasteiger partial charge in [0.05, 0.1) is 5.69 Å². The standard InChI is InChI=1S/C23H25N5O2/c1-15-4-3-5-16(2)21(15)25-22(29)18-8-12-28(13-9-18)23(30)20-14-19(26-27-20)17-6-10-24-11-7-17/h3-7,10-11,14,18H,8-9,12-13H2,1-2H3,(H,25,29)(H,26,27). The molecule has 0 radical (unpaired) electrons. The smallest absolute Gasteiger partial charge is 0.271 e. The van der Waals surface area contributed by atoms with Crippen molar-refractivity contribution < 1.29 is 9.59 Å². The molecule has 0 saturated carbocycles. The minimum absolute atomic E-state index is 0.0287. The van der Waals surface area contributed by atoms with Gasteiger partial charge in [-0.05, 0) is 56.0 Å². The van der Waals surface area contributed by atoms with Crippen molar-refractivity contribution in [2.24, 2.45) is 5.92 Å². The molecule has 1 saturated heterocycles. The van der Waals surface area contributed by atoms with Crippen LogP contribution in [0.15, 0.2) is 48.8 Å². The first-order valence-corrected chi connectivity index (χ1v) is 10.1. The third-order valence-corrected chi connectivity index (χ3v) is 5.67. The molecule has 3 aromatic rings. The van der Waals surface area contributed by atoms with Crippen molar-refractivity contribution in [2.75, 3.05) is 18.4 Å². The Bertz CT molecular complexity index is 1030. The molecule has 7 nitrogen and oxygen atoms in total.